The first-order chi connectivity index (χ1) is 13.7. The summed E-state index contributed by atoms with van der Waals surface area (Å²) < 4.78 is 10.8. The summed E-state index contributed by atoms with van der Waals surface area (Å²) in [5.74, 6) is 0.410. The van der Waals surface area contributed by atoms with Crippen LogP contribution in [-0.2, 0) is 0 Å². The number of nitrogens with zero attached hydrogens (tertiary/aromatic N) is 1. The van der Waals surface area contributed by atoms with Gasteiger partial charge in [-0.05, 0) is 60.3 Å². The molecule has 1 aromatic carbocycles. The second-order valence-corrected chi connectivity index (χ2v) is 7.81. The van der Waals surface area contributed by atoms with Gasteiger partial charge in [-0.2, -0.15) is 5.10 Å². The number of hydrogen-bond acceptors (Lipinski definition) is 6. The van der Waals surface area contributed by atoms with E-state index in [1.165, 1.54) is 37.7 Å². The molecule has 148 valence electrons. The van der Waals surface area contributed by atoms with Gasteiger partial charge in [0.25, 0.3) is 0 Å². The Morgan fingerprint density at radius 2 is 2.07 bits per heavy atom. The van der Waals surface area contributed by atoms with Gasteiger partial charge in [-0.3, -0.25) is 5.43 Å². The highest BCUT2D eigenvalue weighted by molar-refractivity contribution is 7.80. The first kappa shape index (κ1) is 20.3. The van der Waals surface area contributed by atoms with Gasteiger partial charge < -0.3 is 14.8 Å². The number of esters is 1. The first-order valence-electron chi connectivity index (χ1n) is 9.19. The Bertz CT molecular complexity index is 831. The van der Waals surface area contributed by atoms with Gasteiger partial charge in [0.15, 0.2) is 16.6 Å². The monoisotopic (exact) mass is 417 g/mol. The van der Waals surface area contributed by atoms with Gasteiger partial charge in [0.05, 0.1) is 13.3 Å². The van der Waals surface area contributed by atoms with Crippen LogP contribution < -0.4 is 20.2 Å². The van der Waals surface area contributed by atoms with Gasteiger partial charge in [0.2, 0.25) is 0 Å². The van der Waals surface area contributed by atoms with Crippen LogP contribution in [0, 0.1) is 0 Å². The summed E-state index contributed by atoms with van der Waals surface area (Å²) in [5.41, 5.74) is 3.64. The maximum absolute atomic E-state index is 12.1. The van der Waals surface area contributed by atoms with Crippen LogP contribution in [0.15, 0.2) is 40.8 Å². The highest BCUT2D eigenvalue weighted by atomic mass is 32.1. The second-order valence-electron chi connectivity index (χ2n) is 6.46. The number of benzene rings is 1. The molecule has 2 aromatic rings. The highest BCUT2D eigenvalue weighted by Gasteiger charge is 2.14. The van der Waals surface area contributed by atoms with Crippen molar-refractivity contribution in [2.45, 2.75) is 38.1 Å². The normalized spacial score (nSPS) is 14.6. The lowest BCUT2D eigenvalue weighted by Gasteiger charge is -2.23. The molecule has 0 aliphatic heterocycles. The third-order valence-electron chi connectivity index (χ3n) is 4.43. The zero-order valence-electron chi connectivity index (χ0n) is 15.6. The SMILES string of the molecule is COc1cc(/C=N\NC(=S)NC2CCCCC2)ccc1OC(=O)c1cccs1. The third-order valence-corrected chi connectivity index (χ3v) is 5.49. The van der Waals surface area contributed by atoms with Crippen molar-refractivity contribution in [2.75, 3.05) is 7.11 Å². The minimum absolute atomic E-state index is 0.362. The summed E-state index contributed by atoms with van der Waals surface area (Å²) in [6.45, 7) is 0. The van der Waals surface area contributed by atoms with Crippen LogP contribution >= 0.6 is 23.6 Å². The fraction of sp³-hybridized carbons (Fsp3) is 0.350. The summed E-state index contributed by atoms with van der Waals surface area (Å²) >= 11 is 6.62. The van der Waals surface area contributed by atoms with Gasteiger partial charge >= 0.3 is 5.97 Å². The standard InChI is InChI=1S/C20H23N3O3S2/c1-25-17-12-14(9-10-16(17)26-19(24)18-8-5-11-28-18)13-21-23-20(27)22-15-6-3-2-4-7-15/h5,8-13,15H,2-4,6-7H2,1H3,(H2,22,23,27)/b21-13-. The third kappa shape index (κ3) is 5.77. The zero-order chi connectivity index (χ0) is 19.8. The summed E-state index contributed by atoms with van der Waals surface area (Å²) in [7, 11) is 1.53. The number of methoxy groups -OCH3 is 1. The van der Waals surface area contributed by atoms with Gasteiger partial charge in [0, 0.05) is 6.04 Å². The Balaban J connectivity index is 1.56. The quantitative estimate of drug-likeness (QED) is 0.242. The Hall–Kier alpha value is -2.45. The molecule has 6 nitrogen and oxygen atoms in total. The molecule has 0 unspecified atom stereocenters. The number of thiocarbonyl (C=S) groups is 1. The Morgan fingerprint density at radius 1 is 1.25 bits per heavy atom. The average molecular weight is 418 g/mol. The topological polar surface area (TPSA) is 71.9 Å². The fourth-order valence-electron chi connectivity index (χ4n) is 3.02. The van der Waals surface area contributed by atoms with Crippen molar-refractivity contribution in [3.63, 3.8) is 0 Å². The molecule has 1 aliphatic carbocycles. The smallest absolute Gasteiger partial charge is 0.353 e. The fourth-order valence-corrected chi connectivity index (χ4v) is 3.84. The summed E-state index contributed by atoms with van der Waals surface area (Å²) in [6, 6.07) is 9.18. The number of carbonyl (C=O) groups is 1. The summed E-state index contributed by atoms with van der Waals surface area (Å²) in [6.07, 6.45) is 7.72. The van der Waals surface area contributed by atoms with Crippen LogP contribution in [0.5, 0.6) is 11.5 Å². The van der Waals surface area contributed by atoms with E-state index in [1.54, 1.807) is 36.5 Å². The van der Waals surface area contributed by atoms with E-state index in [9.17, 15) is 4.79 Å². The molecule has 8 heteroatoms. The molecule has 1 fully saturated rings. The predicted octanol–water partition coefficient (Wildman–Crippen LogP) is 4.11. The molecule has 0 saturated heterocycles. The van der Waals surface area contributed by atoms with E-state index in [1.807, 2.05) is 5.38 Å². The van der Waals surface area contributed by atoms with Crippen molar-refractivity contribution in [3.8, 4) is 11.5 Å². The van der Waals surface area contributed by atoms with Crippen molar-refractivity contribution < 1.29 is 14.3 Å². The van der Waals surface area contributed by atoms with E-state index in [0.29, 0.717) is 27.5 Å². The zero-order valence-corrected chi connectivity index (χ0v) is 17.3. The van der Waals surface area contributed by atoms with Crippen LogP contribution in [-0.4, -0.2) is 30.4 Å². The molecule has 1 heterocycles. The van der Waals surface area contributed by atoms with E-state index >= 15 is 0 Å². The van der Waals surface area contributed by atoms with Crippen molar-refractivity contribution in [1.82, 2.24) is 10.7 Å². The van der Waals surface area contributed by atoms with Crippen LogP contribution in [0.3, 0.4) is 0 Å². The van der Waals surface area contributed by atoms with E-state index in [4.69, 9.17) is 21.7 Å². The minimum Gasteiger partial charge on any atom is -0.493 e. The molecule has 1 saturated carbocycles. The van der Waals surface area contributed by atoms with E-state index in [-0.39, 0.29) is 0 Å². The highest BCUT2D eigenvalue weighted by Crippen LogP contribution is 2.28. The van der Waals surface area contributed by atoms with Gasteiger partial charge in [0.1, 0.15) is 4.88 Å². The van der Waals surface area contributed by atoms with Crippen LogP contribution in [0.4, 0.5) is 0 Å². The number of rotatable bonds is 6. The van der Waals surface area contributed by atoms with E-state index < -0.39 is 5.97 Å². The molecule has 1 aliphatic rings. The molecular weight excluding hydrogens is 394 g/mol. The Labute approximate surface area is 173 Å². The molecule has 0 atom stereocenters. The molecule has 0 bridgehead atoms. The second kappa shape index (κ2) is 10.2. The number of hydrazone groups is 1. The van der Waals surface area contributed by atoms with Crippen molar-refractivity contribution >= 4 is 40.9 Å². The molecule has 0 spiro atoms. The number of carbonyl (C=O) groups excluding carboxylic acids is 1. The lowest BCUT2D eigenvalue weighted by Crippen LogP contribution is -2.40. The van der Waals surface area contributed by atoms with Crippen LogP contribution in [0.25, 0.3) is 0 Å². The van der Waals surface area contributed by atoms with E-state index in [2.05, 4.69) is 15.8 Å². The molecule has 28 heavy (non-hydrogen) atoms. The van der Waals surface area contributed by atoms with Crippen LogP contribution in [0.2, 0.25) is 0 Å². The van der Waals surface area contributed by atoms with Gasteiger partial charge in [-0.1, -0.05) is 25.3 Å². The molecule has 3 rings (SSSR count). The van der Waals surface area contributed by atoms with Crippen molar-refractivity contribution in [2.24, 2.45) is 5.10 Å². The van der Waals surface area contributed by atoms with Crippen LogP contribution in [0.1, 0.15) is 47.3 Å². The lowest BCUT2D eigenvalue weighted by molar-refractivity contribution is 0.0735. The molecule has 0 radical (unpaired) electrons. The minimum atomic E-state index is -0.407. The van der Waals surface area contributed by atoms with Gasteiger partial charge in [-0.15, -0.1) is 11.3 Å². The van der Waals surface area contributed by atoms with Gasteiger partial charge in [-0.25, -0.2) is 4.79 Å². The Kier molecular flexibility index (Phi) is 7.39. The molecular formula is C20H23N3O3S2. The number of hydrogen-bond donors (Lipinski definition) is 2. The largest absolute Gasteiger partial charge is 0.493 e. The molecule has 1 aromatic heterocycles. The average Bonchev–Trinajstić information content (AvgIpc) is 3.25. The summed E-state index contributed by atoms with van der Waals surface area (Å²) in [5, 5.41) is 9.82. The first-order valence-corrected chi connectivity index (χ1v) is 10.5. The molecule has 0 amide bonds. The lowest BCUT2D eigenvalue weighted by atomic mass is 9.96. The number of nitrogens with one attached hydrogen (secondary N) is 2. The summed E-state index contributed by atoms with van der Waals surface area (Å²) in [4.78, 5) is 12.7. The van der Waals surface area contributed by atoms with E-state index in [0.717, 1.165) is 18.4 Å². The molecule has 2 N–H and O–H groups in total. The predicted molar refractivity (Wildman–Crippen MR) is 116 cm³/mol. The van der Waals surface area contributed by atoms with Crippen molar-refractivity contribution in [1.29, 1.82) is 0 Å². The maximum Gasteiger partial charge on any atom is 0.353 e. The van der Waals surface area contributed by atoms with Crippen molar-refractivity contribution in [3.05, 3.63) is 46.2 Å². The number of ether oxygens (including phenoxy) is 2. The Morgan fingerprint density at radius 3 is 2.79 bits per heavy atom. The maximum atomic E-state index is 12.1. The number of thiophene rings is 1.